The number of hydrogen-bond donors (Lipinski definition) is 2. The average Bonchev–Trinajstić information content (AvgIpc) is 3.40. The summed E-state index contributed by atoms with van der Waals surface area (Å²) in [5, 5.41) is 4.79. The number of nitrogens with one attached hydrogen (secondary N) is 2. The van der Waals surface area contributed by atoms with Crippen LogP contribution in [0.2, 0.25) is 0 Å². The van der Waals surface area contributed by atoms with Crippen LogP contribution in [0.15, 0.2) is 48.0 Å². The lowest BCUT2D eigenvalue weighted by atomic mass is 10.3. The number of amides is 2. The summed E-state index contributed by atoms with van der Waals surface area (Å²) < 4.78 is 13.7. The van der Waals surface area contributed by atoms with Crippen molar-refractivity contribution >= 4 is 40.1 Å². The molecular formula is C21H19FN6O2S. The topological polar surface area (TPSA) is 104 Å². The number of H-pyrrole nitrogens is 1. The van der Waals surface area contributed by atoms with Crippen LogP contribution in [-0.2, 0) is 11.3 Å². The van der Waals surface area contributed by atoms with Crippen LogP contribution in [0.1, 0.15) is 41.1 Å². The fourth-order valence-electron chi connectivity index (χ4n) is 3.16. The van der Waals surface area contributed by atoms with Crippen molar-refractivity contribution < 1.29 is 14.0 Å². The van der Waals surface area contributed by atoms with Crippen LogP contribution in [0.4, 0.5) is 10.3 Å². The molecule has 0 saturated carbocycles. The maximum atomic E-state index is 13.7. The van der Waals surface area contributed by atoms with E-state index in [0.717, 1.165) is 11.0 Å². The number of imidazole rings is 1. The number of halogens is 1. The van der Waals surface area contributed by atoms with Crippen LogP contribution in [-0.4, -0.2) is 31.8 Å². The third kappa shape index (κ3) is 4.29. The molecule has 1 unspecified atom stereocenters. The largest absolute Gasteiger partial charge is 0.345 e. The van der Waals surface area contributed by atoms with Gasteiger partial charge in [-0.1, -0.05) is 12.1 Å². The summed E-state index contributed by atoms with van der Waals surface area (Å²) in [6.45, 7) is 3.22. The lowest BCUT2D eigenvalue weighted by Gasteiger charge is -2.23. The third-order valence-electron chi connectivity index (χ3n) is 4.69. The average molecular weight is 438 g/mol. The maximum Gasteiger partial charge on any atom is 0.271 e. The van der Waals surface area contributed by atoms with Crippen LogP contribution in [0.3, 0.4) is 0 Å². The van der Waals surface area contributed by atoms with E-state index in [4.69, 9.17) is 0 Å². The molecule has 31 heavy (non-hydrogen) atoms. The molecule has 0 spiro atoms. The van der Waals surface area contributed by atoms with Gasteiger partial charge in [-0.25, -0.2) is 14.4 Å². The second-order valence-electron chi connectivity index (χ2n) is 6.83. The van der Waals surface area contributed by atoms with E-state index in [0.29, 0.717) is 11.0 Å². The quantitative estimate of drug-likeness (QED) is 0.479. The number of aromatic amines is 1. The molecule has 158 valence electrons. The highest BCUT2D eigenvalue weighted by molar-refractivity contribution is 7.10. The molecule has 2 N–H and O–H groups in total. The molecule has 0 aliphatic carbocycles. The van der Waals surface area contributed by atoms with Crippen molar-refractivity contribution in [2.45, 2.75) is 26.4 Å². The molecule has 0 aliphatic rings. The van der Waals surface area contributed by atoms with E-state index in [1.807, 2.05) is 31.2 Å². The number of pyridine rings is 1. The Labute approximate surface area is 181 Å². The summed E-state index contributed by atoms with van der Waals surface area (Å²) in [5.41, 5.74) is 1.90. The molecule has 2 amide bonds. The van der Waals surface area contributed by atoms with Crippen molar-refractivity contribution in [3.63, 3.8) is 0 Å². The number of anilines is 1. The van der Waals surface area contributed by atoms with Gasteiger partial charge in [-0.2, -0.15) is 0 Å². The summed E-state index contributed by atoms with van der Waals surface area (Å²) >= 11 is 1.26. The predicted octanol–water partition coefficient (Wildman–Crippen LogP) is 3.60. The van der Waals surface area contributed by atoms with Gasteiger partial charge in [0.05, 0.1) is 29.3 Å². The van der Waals surface area contributed by atoms with Gasteiger partial charge >= 0.3 is 0 Å². The van der Waals surface area contributed by atoms with Crippen LogP contribution in [0.25, 0.3) is 11.0 Å². The summed E-state index contributed by atoms with van der Waals surface area (Å²) in [6, 6.07) is 9.81. The van der Waals surface area contributed by atoms with Gasteiger partial charge < -0.3 is 10.3 Å². The minimum absolute atomic E-state index is 0.0491. The van der Waals surface area contributed by atoms with E-state index in [1.165, 1.54) is 41.5 Å². The molecule has 0 fully saturated rings. The number of carbonyl (C=O) groups excluding carboxylic acids is 2. The Morgan fingerprint density at radius 2 is 2.03 bits per heavy atom. The van der Waals surface area contributed by atoms with Gasteiger partial charge in [0.15, 0.2) is 0 Å². The van der Waals surface area contributed by atoms with Crippen LogP contribution in [0, 0.1) is 5.82 Å². The highest BCUT2D eigenvalue weighted by atomic mass is 32.1. The van der Waals surface area contributed by atoms with E-state index < -0.39 is 17.8 Å². The number of benzene rings is 1. The monoisotopic (exact) mass is 438 g/mol. The van der Waals surface area contributed by atoms with Gasteiger partial charge in [-0.05, 0) is 31.2 Å². The summed E-state index contributed by atoms with van der Waals surface area (Å²) in [5.74, 6) is -0.734. The maximum absolute atomic E-state index is 13.7. The van der Waals surface area contributed by atoms with Gasteiger partial charge in [0.2, 0.25) is 11.9 Å². The van der Waals surface area contributed by atoms with E-state index in [1.54, 1.807) is 5.38 Å². The van der Waals surface area contributed by atoms with Crippen LogP contribution in [0.5, 0.6) is 0 Å². The number of fused-ring (bicyclic) bond motifs is 1. The number of nitrogens with zero attached hydrogens (tertiary/aromatic N) is 4. The van der Waals surface area contributed by atoms with Gasteiger partial charge in [0.25, 0.3) is 5.91 Å². The second kappa shape index (κ2) is 8.60. The van der Waals surface area contributed by atoms with Crippen molar-refractivity contribution in [3.8, 4) is 0 Å². The zero-order chi connectivity index (χ0) is 22.0. The number of aromatic nitrogens is 4. The van der Waals surface area contributed by atoms with Crippen molar-refractivity contribution in [1.82, 2.24) is 25.3 Å². The van der Waals surface area contributed by atoms with Crippen molar-refractivity contribution in [1.29, 1.82) is 0 Å². The second-order valence-corrected chi connectivity index (χ2v) is 7.72. The first-order valence-electron chi connectivity index (χ1n) is 9.51. The zero-order valence-corrected chi connectivity index (χ0v) is 17.6. The highest BCUT2D eigenvalue weighted by Gasteiger charge is 2.26. The lowest BCUT2D eigenvalue weighted by molar-refractivity contribution is -0.117. The number of para-hydroxylation sites is 2. The van der Waals surface area contributed by atoms with Gasteiger partial charge in [-0.3, -0.25) is 19.5 Å². The van der Waals surface area contributed by atoms with E-state index >= 15 is 0 Å². The van der Waals surface area contributed by atoms with Crippen molar-refractivity contribution in [2.75, 3.05) is 4.90 Å². The van der Waals surface area contributed by atoms with Crippen molar-refractivity contribution in [3.05, 3.63) is 70.2 Å². The Morgan fingerprint density at radius 3 is 2.77 bits per heavy atom. The van der Waals surface area contributed by atoms with Gasteiger partial charge in [-0.15, -0.1) is 11.3 Å². The summed E-state index contributed by atoms with van der Waals surface area (Å²) in [4.78, 5) is 42.3. The molecule has 0 radical (unpaired) electrons. The summed E-state index contributed by atoms with van der Waals surface area (Å²) in [6.07, 6.45) is 1.46. The Hall–Kier alpha value is -3.66. The number of rotatable bonds is 6. The van der Waals surface area contributed by atoms with Crippen molar-refractivity contribution in [2.24, 2.45) is 0 Å². The third-order valence-corrected chi connectivity index (χ3v) is 5.71. The first-order chi connectivity index (χ1) is 14.9. The molecule has 3 aromatic heterocycles. The highest BCUT2D eigenvalue weighted by Crippen LogP contribution is 2.29. The Morgan fingerprint density at radius 1 is 1.23 bits per heavy atom. The minimum Gasteiger partial charge on any atom is -0.345 e. The SMILES string of the molecule is CC(=O)N(c1nc2ccccc2[nH]1)C(C)c1nc(C(=O)NCc2ncccc2F)cs1. The molecule has 4 rings (SSSR count). The van der Waals surface area contributed by atoms with Gasteiger partial charge in [0.1, 0.15) is 16.5 Å². The molecule has 10 heteroatoms. The number of hydrogen-bond acceptors (Lipinski definition) is 6. The van der Waals surface area contributed by atoms with E-state index in [-0.39, 0.29) is 23.8 Å². The molecule has 0 aliphatic heterocycles. The number of carbonyl (C=O) groups is 2. The molecule has 0 saturated heterocycles. The molecular weight excluding hydrogens is 419 g/mol. The zero-order valence-electron chi connectivity index (χ0n) is 16.8. The standard InChI is InChI=1S/C21H19FN6O2S/c1-12(28(13(2)29)21-26-15-7-3-4-8-16(15)27-21)20-25-18(11-31-20)19(30)24-10-17-14(22)6-5-9-23-17/h3-9,11-12H,10H2,1-2H3,(H,24,30)(H,26,27). The van der Waals surface area contributed by atoms with Crippen LogP contribution < -0.4 is 10.2 Å². The molecule has 3 heterocycles. The minimum atomic E-state index is -0.488. The van der Waals surface area contributed by atoms with E-state index in [2.05, 4.69) is 25.3 Å². The number of thiazole rings is 1. The smallest absolute Gasteiger partial charge is 0.271 e. The molecule has 4 aromatic rings. The normalized spacial score (nSPS) is 12.0. The first kappa shape index (κ1) is 20.6. The molecule has 0 bridgehead atoms. The lowest BCUT2D eigenvalue weighted by Crippen LogP contribution is -2.32. The Balaban J connectivity index is 1.51. The Kier molecular flexibility index (Phi) is 5.72. The summed E-state index contributed by atoms with van der Waals surface area (Å²) in [7, 11) is 0. The van der Waals surface area contributed by atoms with E-state index in [9.17, 15) is 14.0 Å². The molecule has 1 atom stereocenters. The van der Waals surface area contributed by atoms with Gasteiger partial charge in [0, 0.05) is 18.5 Å². The first-order valence-corrected chi connectivity index (χ1v) is 10.4. The molecule has 8 nitrogen and oxygen atoms in total. The fraction of sp³-hybridized carbons (Fsp3) is 0.190. The molecule has 1 aromatic carbocycles. The fourth-order valence-corrected chi connectivity index (χ4v) is 4.00. The predicted molar refractivity (Wildman–Crippen MR) is 115 cm³/mol. The Bertz CT molecular complexity index is 1220. The van der Waals surface area contributed by atoms with Crippen LogP contribution >= 0.6 is 11.3 Å².